The van der Waals surface area contributed by atoms with Crippen molar-refractivity contribution in [2.45, 2.75) is 25.4 Å². The molecule has 112 valence electrons. The van der Waals surface area contributed by atoms with Crippen LogP contribution >= 0.6 is 12.4 Å². The van der Waals surface area contributed by atoms with E-state index in [2.05, 4.69) is 10.6 Å². The number of carbonyl (C=O) groups is 1. The van der Waals surface area contributed by atoms with Crippen LogP contribution in [0.25, 0.3) is 0 Å². The molecule has 0 bridgehead atoms. The van der Waals surface area contributed by atoms with E-state index in [1.54, 1.807) is 0 Å². The van der Waals surface area contributed by atoms with Gasteiger partial charge < -0.3 is 10.6 Å². The van der Waals surface area contributed by atoms with Gasteiger partial charge in [-0.15, -0.1) is 12.4 Å². The molecule has 2 N–H and O–H groups in total. The van der Waals surface area contributed by atoms with E-state index in [0.29, 0.717) is 12.6 Å². The Bertz CT molecular complexity index is 575. The molecule has 20 heavy (non-hydrogen) atoms. The van der Waals surface area contributed by atoms with Crippen LogP contribution in [0.3, 0.4) is 0 Å². The Morgan fingerprint density at radius 1 is 1.50 bits per heavy atom. The van der Waals surface area contributed by atoms with Gasteiger partial charge in [0.1, 0.15) is 6.54 Å². The zero-order chi connectivity index (χ0) is 13.8. The summed E-state index contributed by atoms with van der Waals surface area (Å²) in [7, 11) is 1.39. The summed E-state index contributed by atoms with van der Waals surface area (Å²) in [6, 6.07) is 1.59. The average Bonchev–Trinajstić information content (AvgIpc) is 2.90. The summed E-state index contributed by atoms with van der Waals surface area (Å²) in [4.78, 5) is 34.7. The molecule has 0 aromatic carbocycles. The Balaban J connectivity index is 0.00000200. The Labute approximate surface area is 122 Å². The molecule has 2 heterocycles. The van der Waals surface area contributed by atoms with Crippen LogP contribution in [0.15, 0.2) is 21.9 Å². The predicted molar refractivity (Wildman–Crippen MR) is 77.2 cm³/mol. The minimum absolute atomic E-state index is 0. The molecule has 1 unspecified atom stereocenters. The van der Waals surface area contributed by atoms with E-state index in [1.807, 2.05) is 0 Å². The van der Waals surface area contributed by atoms with Crippen LogP contribution in [0.4, 0.5) is 0 Å². The van der Waals surface area contributed by atoms with Crippen molar-refractivity contribution in [3.05, 3.63) is 33.1 Å². The molecular weight excluding hydrogens is 284 g/mol. The van der Waals surface area contributed by atoms with E-state index in [0.717, 1.165) is 24.0 Å². The van der Waals surface area contributed by atoms with Gasteiger partial charge in [0, 0.05) is 31.9 Å². The van der Waals surface area contributed by atoms with Gasteiger partial charge in [0.25, 0.3) is 5.56 Å². The Morgan fingerprint density at radius 3 is 2.90 bits per heavy atom. The van der Waals surface area contributed by atoms with Crippen LogP contribution in [-0.2, 0) is 18.4 Å². The third-order valence-corrected chi connectivity index (χ3v) is 3.28. The van der Waals surface area contributed by atoms with Gasteiger partial charge in [-0.1, -0.05) is 0 Å². The minimum Gasteiger partial charge on any atom is -0.353 e. The quantitative estimate of drug-likeness (QED) is 0.734. The summed E-state index contributed by atoms with van der Waals surface area (Å²) in [5, 5.41) is 6.06. The van der Waals surface area contributed by atoms with E-state index >= 15 is 0 Å². The normalized spacial score (nSPS) is 17.6. The fourth-order valence-electron chi connectivity index (χ4n) is 2.12. The molecule has 0 spiro atoms. The number of nitrogens with zero attached hydrogens (tertiary/aromatic N) is 2. The molecule has 1 aliphatic heterocycles. The van der Waals surface area contributed by atoms with Crippen molar-refractivity contribution in [2.75, 3.05) is 13.1 Å². The zero-order valence-corrected chi connectivity index (χ0v) is 12.1. The maximum absolute atomic E-state index is 11.7. The van der Waals surface area contributed by atoms with Crippen LogP contribution in [0.5, 0.6) is 0 Å². The molecule has 0 radical (unpaired) electrons. The van der Waals surface area contributed by atoms with Crippen molar-refractivity contribution in [3.8, 4) is 0 Å². The topological polar surface area (TPSA) is 85.1 Å². The third kappa shape index (κ3) is 3.94. The summed E-state index contributed by atoms with van der Waals surface area (Å²) in [5.41, 5.74) is -0.863. The first kappa shape index (κ1) is 16.5. The summed E-state index contributed by atoms with van der Waals surface area (Å²) < 4.78 is 2.20. The molecule has 2 rings (SSSR count). The van der Waals surface area contributed by atoms with E-state index in [4.69, 9.17) is 0 Å². The highest BCUT2D eigenvalue weighted by molar-refractivity contribution is 5.85. The third-order valence-electron chi connectivity index (χ3n) is 3.28. The zero-order valence-electron chi connectivity index (χ0n) is 11.3. The van der Waals surface area contributed by atoms with Gasteiger partial charge in [-0.05, 0) is 19.4 Å². The first-order valence-electron chi connectivity index (χ1n) is 6.34. The molecule has 1 aromatic rings. The molecule has 1 amide bonds. The molecule has 7 nitrogen and oxygen atoms in total. The van der Waals surface area contributed by atoms with Gasteiger partial charge in [0.15, 0.2) is 0 Å². The number of nitrogens with one attached hydrogen (secondary N) is 2. The lowest BCUT2D eigenvalue weighted by molar-refractivity contribution is -0.121. The van der Waals surface area contributed by atoms with Crippen molar-refractivity contribution in [1.29, 1.82) is 0 Å². The number of hydrogen-bond acceptors (Lipinski definition) is 4. The molecule has 1 aromatic heterocycles. The number of carbonyl (C=O) groups excluding carboxylic acids is 1. The molecule has 1 aliphatic rings. The Morgan fingerprint density at radius 2 is 2.25 bits per heavy atom. The van der Waals surface area contributed by atoms with Gasteiger partial charge >= 0.3 is 5.69 Å². The highest BCUT2D eigenvalue weighted by atomic mass is 35.5. The number of halogens is 1. The van der Waals surface area contributed by atoms with Gasteiger partial charge in [-0.3, -0.25) is 18.7 Å². The predicted octanol–water partition coefficient (Wildman–Crippen LogP) is -1.16. The van der Waals surface area contributed by atoms with Crippen LogP contribution < -0.4 is 21.9 Å². The standard InChI is InChI=1S/C12H18N4O3.ClH/c1-15-11(18)4-6-16(12(15)19)8-10(17)14-7-9-3-2-5-13-9;/h4,6,9,13H,2-3,5,7-8H2,1H3,(H,14,17);1H. The summed E-state index contributed by atoms with van der Waals surface area (Å²) in [6.07, 6.45) is 3.53. The van der Waals surface area contributed by atoms with Crippen molar-refractivity contribution in [1.82, 2.24) is 19.8 Å². The molecular formula is C12H19ClN4O3. The first-order valence-corrected chi connectivity index (χ1v) is 6.34. The highest BCUT2D eigenvalue weighted by Crippen LogP contribution is 2.02. The van der Waals surface area contributed by atoms with E-state index in [9.17, 15) is 14.4 Å². The summed E-state index contributed by atoms with van der Waals surface area (Å²) in [6.45, 7) is 1.49. The summed E-state index contributed by atoms with van der Waals surface area (Å²) >= 11 is 0. The van der Waals surface area contributed by atoms with Gasteiger partial charge in [-0.25, -0.2) is 4.79 Å². The number of hydrogen-bond donors (Lipinski definition) is 2. The van der Waals surface area contributed by atoms with Crippen LogP contribution in [-0.4, -0.2) is 34.2 Å². The van der Waals surface area contributed by atoms with Crippen molar-refractivity contribution < 1.29 is 4.79 Å². The van der Waals surface area contributed by atoms with Gasteiger partial charge in [-0.2, -0.15) is 0 Å². The lowest BCUT2D eigenvalue weighted by Gasteiger charge is -2.12. The molecule has 0 aliphatic carbocycles. The smallest absolute Gasteiger partial charge is 0.331 e. The van der Waals surface area contributed by atoms with Crippen molar-refractivity contribution in [3.63, 3.8) is 0 Å². The van der Waals surface area contributed by atoms with E-state index in [-0.39, 0.29) is 30.4 Å². The van der Waals surface area contributed by atoms with Crippen molar-refractivity contribution >= 4 is 18.3 Å². The van der Waals surface area contributed by atoms with Crippen molar-refractivity contribution in [2.24, 2.45) is 7.05 Å². The largest absolute Gasteiger partial charge is 0.353 e. The Kier molecular flexibility index (Phi) is 5.97. The fraction of sp³-hybridized carbons (Fsp3) is 0.583. The molecule has 1 fully saturated rings. The molecule has 1 saturated heterocycles. The van der Waals surface area contributed by atoms with Crippen LogP contribution in [0, 0.1) is 0 Å². The van der Waals surface area contributed by atoms with E-state index in [1.165, 1.54) is 23.9 Å². The number of aromatic nitrogens is 2. The lowest BCUT2D eigenvalue weighted by Crippen LogP contribution is -2.42. The van der Waals surface area contributed by atoms with E-state index < -0.39 is 5.69 Å². The number of amides is 1. The van der Waals surface area contributed by atoms with Gasteiger partial charge in [0.05, 0.1) is 0 Å². The number of rotatable bonds is 4. The fourth-order valence-corrected chi connectivity index (χ4v) is 2.12. The van der Waals surface area contributed by atoms with Crippen LogP contribution in [0.2, 0.25) is 0 Å². The first-order chi connectivity index (χ1) is 9.08. The molecule has 0 saturated carbocycles. The lowest BCUT2D eigenvalue weighted by atomic mass is 10.2. The maximum Gasteiger partial charge on any atom is 0.331 e. The summed E-state index contributed by atoms with van der Waals surface area (Å²) in [5.74, 6) is -0.227. The average molecular weight is 303 g/mol. The SMILES string of the molecule is Cl.Cn1c(=O)ccn(CC(=O)NCC2CCCN2)c1=O. The van der Waals surface area contributed by atoms with Crippen LogP contribution in [0.1, 0.15) is 12.8 Å². The second-order valence-corrected chi connectivity index (χ2v) is 4.72. The Hall–Kier alpha value is -1.60. The molecule has 8 heteroatoms. The van der Waals surface area contributed by atoms with Gasteiger partial charge in [0.2, 0.25) is 5.91 Å². The second-order valence-electron chi connectivity index (χ2n) is 4.72. The minimum atomic E-state index is -0.485. The highest BCUT2D eigenvalue weighted by Gasteiger charge is 2.15. The second kappa shape index (κ2) is 7.25. The molecule has 1 atom stereocenters. The maximum atomic E-state index is 11.7. The monoisotopic (exact) mass is 302 g/mol.